The van der Waals surface area contributed by atoms with Crippen molar-refractivity contribution >= 4 is 29.1 Å². The molecule has 0 spiro atoms. The minimum atomic E-state index is 0.0982. The predicted octanol–water partition coefficient (Wildman–Crippen LogP) is 3.97. The zero-order chi connectivity index (χ0) is 13.0. The molecular weight excluding hydrogens is 269 g/mol. The molecule has 4 heteroatoms. The van der Waals surface area contributed by atoms with E-state index >= 15 is 0 Å². The number of hydrogen-bond donors (Lipinski definition) is 1. The van der Waals surface area contributed by atoms with Crippen LogP contribution in [0.25, 0.3) is 0 Å². The minimum Gasteiger partial charge on any atom is -0.352 e. The maximum absolute atomic E-state index is 11.9. The Labute approximate surface area is 117 Å². The van der Waals surface area contributed by atoms with Gasteiger partial charge in [-0.1, -0.05) is 41.4 Å². The van der Waals surface area contributed by atoms with E-state index in [9.17, 15) is 4.79 Å². The fourth-order valence-electron chi connectivity index (χ4n) is 2.02. The van der Waals surface area contributed by atoms with Crippen LogP contribution >= 0.6 is 23.2 Å². The molecule has 0 unspecified atom stereocenters. The molecule has 1 N–H and O–H groups in total. The molecule has 1 aromatic carbocycles. The van der Waals surface area contributed by atoms with E-state index in [0.717, 1.165) is 24.8 Å². The summed E-state index contributed by atoms with van der Waals surface area (Å²) in [5.74, 6) is 0.200. The number of rotatable bonds is 3. The van der Waals surface area contributed by atoms with Crippen LogP contribution in [-0.4, -0.2) is 5.91 Å². The molecule has 1 atom stereocenters. The van der Waals surface area contributed by atoms with E-state index in [1.807, 2.05) is 6.07 Å². The summed E-state index contributed by atoms with van der Waals surface area (Å²) < 4.78 is 0. The molecule has 2 nitrogen and oxygen atoms in total. The van der Waals surface area contributed by atoms with E-state index in [0.29, 0.717) is 16.6 Å². The van der Waals surface area contributed by atoms with E-state index in [4.69, 9.17) is 23.2 Å². The first-order valence-electron chi connectivity index (χ1n) is 6.03. The fourth-order valence-corrected chi connectivity index (χ4v) is 2.50. The van der Waals surface area contributed by atoms with Gasteiger partial charge in [0.15, 0.2) is 0 Å². The number of amides is 1. The summed E-state index contributed by atoms with van der Waals surface area (Å²) in [7, 11) is 0. The first-order chi connectivity index (χ1) is 8.66. The van der Waals surface area contributed by atoms with Crippen LogP contribution in [-0.2, 0) is 11.3 Å². The average molecular weight is 284 g/mol. The van der Waals surface area contributed by atoms with Crippen molar-refractivity contribution in [3.8, 4) is 0 Å². The Bertz CT molecular complexity index is 471. The zero-order valence-corrected chi connectivity index (χ0v) is 11.5. The summed E-state index contributed by atoms with van der Waals surface area (Å²) in [6, 6.07) is 5.30. The van der Waals surface area contributed by atoms with E-state index < -0.39 is 0 Å². The Hall–Kier alpha value is -0.990. The number of nitrogens with one attached hydrogen (secondary N) is 1. The van der Waals surface area contributed by atoms with Crippen molar-refractivity contribution < 1.29 is 4.79 Å². The molecular formula is C14H15Cl2NO. The van der Waals surface area contributed by atoms with Gasteiger partial charge in [0.2, 0.25) is 5.91 Å². The van der Waals surface area contributed by atoms with Gasteiger partial charge in [0.1, 0.15) is 0 Å². The molecule has 0 saturated heterocycles. The lowest BCUT2D eigenvalue weighted by Gasteiger charge is -2.17. The quantitative estimate of drug-likeness (QED) is 0.836. The van der Waals surface area contributed by atoms with Gasteiger partial charge in [0, 0.05) is 22.5 Å². The van der Waals surface area contributed by atoms with Crippen molar-refractivity contribution in [3.05, 3.63) is 46.0 Å². The van der Waals surface area contributed by atoms with Gasteiger partial charge in [-0.15, -0.1) is 0 Å². The zero-order valence-electron chi connectivity index (χ0n) is 9.96. The van der Waals surface area contributed by atoms with Crippen LogP contribution in [0.5, 0.6) is 0 Å². The first-order valence-corrected chi connectivity index (χ1v) is 6.79. The summed E-state index contributed by atoms with van der Waals surface area (Å²) in [4.78, 5) is 11.9. The molecule has 1 amide bonds. The van der Waals surface area contributed by atoms with Crippen molar-refractivity contribution in [1.82, 2.24) is 5.32 Å². The second kappa shape index (κ2) is 6.26. The third kappa shape index (κ3) is 3.50. The van der Waals surface area contributed by atoms with Crippen LogP contribution in [0.2, 0.25) is 10.0 Å². The van der Waals surface area contributed by atoms with Crippen molar-refractivity contribution in [1.29, 1.82) is 0 Å². The van der Waals surface area contributed by atoms with Gasteiger partial charge in [-0.05, 0) is 37.0 Å². The van der Waals surface area contributed by atoms with E-state index in [1.165, 1.54) is 0 Å². The lowest BCUT2D eigenvalue weighted by molar-refractivity contribution is -0.125. The lowest BCUT2D eigenvalue weighted by atomic mass is 9.93. The molecule has 0 aliphatic heterocycles. The lowest BCUT2D eigenvalue weighted by Crippen LogP contribution is -2.30. The summed E-state index contributed by atoms with van der Waals surface area (Å²) in [5, 5.41) is 4.12. The summed E-state index contributed by atoms with van der Waals surface area (Å²) >= 11 is 11.9. The standard InChI is InChI=1S/C14H15Cl2NO/c15-12-7-6-11(13(16)8-12)9-17-14(18)10-4-2-1-3-5-10/h1-2,6-8,10H,3-5,9H2,(H,17,18)/t10-/m1/s1. The highest BCUT2D eigenvalue weighted by Gasteiger charge is 2.18. The summed E-state index contributed by atoms with van der Waals surface area (Å²) in [5.41, 5.74) is 0.890. The number of carbonyl (C=O) groups is 1. The summed E-state index contributed by atoms with van der Waals surface area (Å²) in [6.45, 7) is 0.453. The van der Waals surface area contributed by atoms with Crippen molar-refractivity contribution in [3.63, 3.8) is 0 Å². The minimum absolute atomic E-state index is 0.0982. The van der Waals surface area contributed by atoms with E-state index in [1.54, 1.807) is 12.1 Å². The molecule has 0 aromatic heterocycles. The Morgan fingerprint density at radius 1 is 1.33 bits per heavy atom. The number of hydrogen-bond acceptors (Lipinski definition) is 1. The normalized spacial score (nSPS) is 18.7. The highest BCUT2D eigenvalue weighted by Crippen LogP contribution is 2.22. The molecule has 1 aromatic rings. The Morgan fingerprint density at radius 3 is 2.83 bits per heavy atom. The van der Waals surface area contributed by atoms with Crippen LogP contribution in [0.4, 0.5) is 0 Å². The number of benzene rings is 1. The Balaban J connectivity index is 1.90. The molecule has 0 bridgehead atoms. The average Bonchev–Trinajstić information content (AvgIpc) is 2.38. The van der Waals surface area contributed by atoms with Gasteiger partial charge in [-0.2, -0.15) is 0 Å². The maximum atomic E-state index is 11.9. The van der Waals surface area contributed by atoms with Crippen molar-refractivity contribution in [2.45, 2.75) is 25.8 Å². The van der Waals surface area contributed by atoms with E-state index in [2.05, 4.69) is 17.5 Å². The van der Waals surface area contributed by atoms with Gasteiger partial charge in [-0.25, -0.2) is 0 Å². The Kier molecular flexibility index (Phi) is 4.67. The van der Waals surface area contributed by atoms with Crippen molar-refractivity contribution in [2.75, 3.05) is 0 Å². The number of allylic oxidation sites excluding steroid dienone is 2. The van der Waals surface area contributed by atoms with Gasteiger partial charge >= 0.3 is 0 Å². The van der Waals surface area contributed by atoms with Gasteiger partial charge in [-0.3, -0.25) is 4.79 Å². The number of halogens is 2. The number of carbonyl (C=O) groups excluding carboxylic acids is 1. The molecule has 0 fully saturated rings. The molecule has 0 radical (unpaired) electrons. The molecule has 0 heterocycles. The molecule has 1 aliphatic carbocycles. The maximum Gasteiger partial charge on any atom is 0.223 e. The second-order valence-electron chi connectivity index (χ2n) is 4.43. The molecule has 0 saturated carbocycles. The van der Waals surface area contributed by atoms with Crippen LogP contribution < -0.4 is 5.32 Å². The van der Waals surface area contributed by atoms with Crippen LogP contribution in [0.15, 0.2) is 30.4 Å². The SMILES string of the molecule is O=C(NCc1ccc(Cl)cc1Cl)[C@@H]1CC=CCC1. The Morgan fingerprint density at radius 2 is 2.17 bits per heavy atom. The van der Waals surface area contributed by atoms with Crippen LogP contribution in [0.3, 0.4) is 0 Å². The second-order valence-corrected chi connectivity index (χ2v) is 5.28. The monoisotopic (exact) mass is 283 g/mol. The van der Waals surface area contributed by atoms with Crippen LogP contribution in [0, 0.1) is 5.92 Å². The fraction of sp³-hybridized carbons (Fsp3) is 0.357. The molecule has 18 heavy (non-hydrogen) atoms. The largest absolute Gasteiger partial charge is 0.352 e. The van der Waals surface area contributed by atoms with Gasteiger partial charge in [0.25, 0.3) is 0 Å². The highest BCUT2D eigenvalue weighted by molar-refractivity contribution is 6.35. The smallest absolute Gasteiger partial charge is 0.223 e. The molecule has 1 aliphatic rings. The highest BCUT2D eigenvalue weighted by atomic mass is 35.5. The van der Waals surface area contributed by atoms with Gasteiger partial charge in [0.05, 0.1) is 0 Å². The third-order valence-corrected chi connectivity index (χ3v) is 3.69. The predicted molar refractivity (Wildman–Crippen MR) is 74.8 cm³/mol. The topological polar surface area (TPSA) is 29.1 Å². The third-order valence-electron chi connectivity index (χ3n) is 3.11. The molecule has 96 valence electrons. The van der Waals surface area contributed by atoms with E-state index in [-0.39, 0.29) is 11.8 Å². The molecule has 2 rings (SSSR count). The van der Waals surface area contributed by atoms with Crippen molar-refractivity contribution in [2.24, 2.45) is 5.92 Å². The van der Waals surface area contributed by atoms with Crippen LogP contribution in [0.1, 0.15) is 24.8 Å². The summed E-state index contributed by atoms with van der Waals surface area (Å²) in [6.07, 6.45) is 6.94. The first kappa shape index (κ1) is 13.4. The van der Waals surface area contributed by atoms with Gasteiger partial charge < -0.3 is 5.32 Å².